The minimum atomic E-state index is -0.484. The molecule has 2 aromatic rings. The SMILES string of the molecule is COc1ccc(C2CCN(C(=O)C(C)Oc3cccc(C(C)C)c3)C2)cc1. The molecule has 0 aliphatic carbocycles. The Balaban J connectivity index is 1.59. The number of hydrogen-bond acceptors (Lipinski definition) is 3. The van der Waals surface area contributed by atoms with E-state index in [0.29, 0.717) is 11.8 Å². The number of ether oxygens (including phenoxy) is 2. The molecule has 0 saturated carbocycles. The van der Waals surface area contributed by atoms with E-state index in [1.807, 2.05) is 42.2 Å². The fraction of sp³-hybridized carbons (Fsp3) is 0.435. The van der Waals surface area contributed by atoms with Crippen LogP contribution in [0.1, 0.15) is 50.2 Å². The molecule has 1 amide bonds. The molecule has 2 unspecified atom stereocenters. The molecule has 2 atom stereocenters. The van der Waals surface area contributed by atoms with Crippen molar-refractivity contribution in [2.45, 2.75) is 45.1 Å². The van der Waals surface area contributed by atoms with Crippen molar-refractivity contribution in [1.29, 1.82) is 0 Å². The Morgan fingerprint density at radius 1 is 1.07 bits per heavy atom. The molecule has 1 saturated heterocycles. The lowest BCUT2D eigenvalue weighted by atomic mass is 9.98. The van der Waals surface area contributed by atoms with Crippen LogP contribution in [0.2, 0.25) is 0 Å². The van der Waals surface area contributed by atoms with E-state index in [0.717, 1.165) is 31.0 Å². The molecule has 0 radical (unpaired) electrons. The molecule has 0 bridgehead atoms. The third-order valence-electron chi connectivity index (χ3n) is 5.27. The maximum absolute atomic E-state index is 12.8. The monoisotopic (exact) mass is 367 g/mol. The first kappa shape index (κ1) is 19.3. The Morgan fingerprint density at radius 3 is 2.48 bits per heavy atom. The van der Waals surface area contributed by atoms with Gasteiger partial charge in [0.1, 0.15) is 11.5 Å². The van der Waals surface area contributed by atoms with Crippen molar-refractivity contribution in [3.8, 4) is 11.5 Å². The molecular weight excluding hydrogens is 338 g/mol. The van der Waals surface area contributed by atoms with Crippen molar-refractivity contribution in [2.75, 3.05) is 20.2 Å². The number of methoxy groups -OCH3 is 1. The van der Waals surface area contributed by atoms with E-state index < -0.39 is 6.10 Å². The number of hydrogen-bond donors (Lipinski definition) is 0. The van der Waals surface area contributed by atoms with Gasteiger partial charge in [-0.05, 0) is 54.7 Å². The largest absolute Gasteiger partial charge is 0.497 e. The third kappa shape index (κ3) is 4.62. The van der Waals surface area contributed by atoms with E-state index in [2.05, 4.69) is 32.0 Å². The first-order valence-corrected chi connectivity index (χ1v) is 9.67. The maximum atomic E-state index is 12.8. The van der Waals surface area contributed by atoms with Crippen molar-refractivity contribution >= 4 is 5.91 Å². The lowest BCUT2D eigenvalue weighted by molar-refractivity contribution is -0.136. The van der Waals surface area contributed by atoms with Crippen LogP contribution in [0.4, 0.5) is 0 Å². The number of carbonyl (C=O) groups is 1. The standard InChI is InChI=1S/C23H29NO3/c1-16(2)19-6-5-7-22(14-19)27-17(3)23(25)24-13-12-20(15-24)18-8-10-21(26-4)11-9-18/h5-11,14,16-17,20H,12-13,15H2,1-4H3. The summed E-state index contributed by atoms with van der Waals surface area (Å²) < 4.78 is 11.2. The summed E-state index contributed by atoms with van der Waals surface area (Å²) in [7, 11) is 1.67. The van der Waals surface area contributed by atoms with Crippen LogP contribution in [0.15, 0.2) is 48.5 Å². The maximum Gasteiger partial charge on any atom is 0.263 e. The third-order valence-corrected chi connectivity index (χ3v) is 5.27. The zero-order valence-electron chi connectivity index (χ0n) is 16.6. The molecule has 0 spiro atoms. The van der Waals surface area contributed by atoms with Gasteiger partial charge in [-0.25, -0.2) is 0 Å². The van der Waals surface area contributed by atoms with Crippen molar-refractivity contribution in [3.05, 3.63) is 59.7 Å². The number of benzene rings is 2. The highest BCUT2D eigenvalue weighted by molar-refractivity contribution is 5.81. The lowest BCUT2D eigenvalue weighted by Crippen LogP contribution is -2.39. The highest BCUT2D eigenvalue weighted by Gasteiger charge is 2.30. The van der Waals surface area contributed by atoms with Crippen LogP contribution in [0, 0.1) is 0 Å². The minimum absolute atomic E-state index is 0.0564. The summed E-state index contributed by atoms with van der Waals surface area (Å²) in [5, 5.41) is 0. The number of carbonyl (C=O) groups excluding carboxylic acids is 1. The van der Waals surface area contributed by atoms with Crippen LogP contribution in [0.25, 0.3) is 0 Å². The van der Waals surface area contributed by atoms with E-state index in [-0.39, 0.29) is 5.91 Å². The second kappa shape index (κ2) is 8.47. The topological polar surface area (TPSA) is 38.8 Å². The molecule has 0 N–H and O–H groups in total. The van der Waals surface area contributed by atoms with Crippen LogP contribution < -0.4 is 9.47 Å². The van der Waals surface area contributed by atoms with E-state index in [1.165, 1.54) is 11.1 Å². The number of nitrogens with zero attached hydrogens (tertiary/aromatic N) is 1. The van der Waals surface area contributed by atoms with E-state index in [1.54, 1.807) is 7.11 Å². The second-order valence-electron chi connectivity index (χ2n) is 7.53. The smallest absolute Gasteiger partial charge is 0.263 e. The molecular formula is C23H29NO3. The molecule has 3 rings (SSSR count). The number of rotatable bonds is 6. The molecule has 1 fully saturated rings. The fourth-order valence-corrected chi connectivity index (χ4v) is 3.57. The van der Waals surface area contributed by atoms with Crippen molar-refractivity contribution in [1.82, 2.24) is 4.90 Å². The van der Waals surface area contributed by atoms with Crippen molar-refractivity contribution in [3.63, 3.8) is 0 Å². The van der Waals surface area contributed by atoms with Crippen LogP contribution in [-0.4, -0.2) is 37.1 Å². The Morgan fingerprint density at radius 2 is 1.81 bits per heavy atom. The molecule has 1 aliphatic rings. The fourth-order valence-electron chi connectivity index (χ4n) is 3.57. The predicted molar refractivity (Wildman–Crippen MR) is 108 cm³/mol. The summed E-state index contributed by atoms with van der Waals surface area (Å²) in [5.41, 5.74) is 2.47. The quantitative estimate of drug-likeness (QED) is 0.749. The van der Waals surface area contributed by atoms with Gasteiger partial charge in [-0.1, -0.05) is 38.1 Å². The van der Waals surface area contributed by atoms with Gasteiger partial charge in [0.25, 0.3) is 5.91 Å². The van der Waals surface area contributed by atoms with Gasteiger partial charge in [-0.2, -0.15) is 0 Å². The molecule has 4 nitrogen and oxygen atoms in total. The van der Waals surface area contributed by atoms with Gasteiger partial charge in [-0.3, -0.25) is 4.79 Å². The Labute approximate surface area is 162 Å². The molecule has 144 valence electrons. The highest BCUT2D eigenvalue weighted by Crippen LogP contribution is 2.29. The zero-order valence-corrected chi connectivity index (χ0v) is 16.6. The predicted octanol–water partition coefficient (Wildman–Crippen LogP) is 4.60. The van der Waals surface area contributed by atoms with Gasteiger partial charge < -0.3 is 14.4 Å². The van der Waals surface area contributed by atoms with Crippen LogP contribution in [-0.2, 0) is 4.79 Å². The van der Waals surface area contributed by atoms with Crippen molar-refractivity contribution in [2.24, 2.45) is 0 Å². The van der Waals surface area contributed by atoms with Crippen LogP contribution in [0.3, 0.4) is 0 Å². The summed E-state index contributed by atoms with van der Waals surface area (Å²) in [6.07, 6.45) is 0.496. The van der Waals surface area contributed by atoms with Gasteiger partial charge in [0.2, 0.25) is 0 Å². The molecule has 1 aliphatic heterocycles. The first-order valence-electron chi connectivity index (χ1n) is 9.67. The van der Waals surface area contributed by atoms with Crippen LogP contribution in [0.5, 0.6) is 11.5 Å². The van der Waals surface area contributed by atoms with Gasteiger partial charge in [-0.15, -0.1) is 0 Å². The van der Waals surface area contributed by atoms with Gasteiger partial charge in [0.15, 0.2) is 6.10 Å². The summed E-state index contributed by atoms with van der Waals surface area (Å²) in [4.78, 5) is 14.7. The molecule has 4 heteroatoms. The van der Waals surface area contributed by atoms with Gasteiger partial charge >= 0.3 is 0 Å². The normalized spacial score (nSPS) is 17.8. The first-order chi connectivity index (χ1) is 13.0. The minimum Gasteiger partial charge on any atom is -0.497 e. The lowest BCUT2D eigenvalue weighted by Gasteiger charge is -2.22. The average Bonchev–Trinajstić information content (AvgIpc) is 3.17. The Hall–Kier alpha value is -2.49. The van der Waals surface area contributed by atoms with Gasteiger partial charge in [0, 0.05) is 19.0 Å². The van der Waals surface area contributed by atoms with E-state index in [9.17, 15) is 4.79 Å². The van der Waals surface area contributed by atoms with E-state index in [4.69, 9.17) is 9.47 Å². The average molecular weight is 367 g/mol. The summed E-state index contributed by atoms with van der Waals surface area (Å²) in [6.45, 7) is 7.65. The highest BCUT2D eigenvalue weighted by atomic mass is 16.5. The van der Waals surface area contributed by atoms with Crippen molar-refractivity contribution < 1.29 is 14.3 Å². The molecule has 27 heavy (non-hydrogen) atoms. The Bertz CT molecular complexity index is 769. The summed E-state index contributed by atoms with van der Waals surface area (Å²) in [6, 6.07) is 16.2. The number of amides is 1. The molecule has 2 aromatic carbocycles. The van der Waals surface area contributed by atoms with Gasteiger partial charge in [0.05, 0.1) is 7.11 Å². The number of likely N-dealkylation sites (tertiary alicyclic amines) is 1. The Kier molecular flexibility index (Phi) is 6.04. The molecule has 0 aromatic heterocycles. The molecule has 1 heterocycles. The van der Waals surface area contributed by atoms with Crippen LogP contribution >= 0.6 is 0 Å². The summed E-state index contributed by atoms with van der Waals surface area (Å²) >= 11 is 0. The summed E-state index contributed by atoms with van der Waals surface area (Å²) in [5.74, 6) is 2.48. The zero-order chi connectivity index (χ0) is 19.4. The van der Waals surface area contributed by atoms with E-state index >= 15 is 0 Å². The second-order valence-corrected chi connectivity index (χ2v) is 7.53.